The molecule has 0 radical (unpaired) electrons. The van der Waals surface area contributed by atoms with Gasteiger partial charge in [0.2, 0.25) is 0 Å². The van der Waals surface area contributed by atoms with E-state index in [0.717, 1.165) is 18.5 Å². The van der Waals surface area contributed by atoms with E-state index in [2.05, 4.69) is 26.1 Å². The zero-order valence-electron chi connectivity index (χ0n) is 11.8. The number of hydrogen-bond donors (Lipinski definition) is 1. The lowest BCUT2D eigenvalue weighted by atomic mass is 9.97. The Morgan fingerprint density at radius 2 is 2.00 bits per heavy atom. The first kappa shape index (κ1) is 14.8. The van der Waals surface area contributed by atoms with Crippen molar-refractivity contribution < 1.29 is 9.13 Å². The van der Waals surface area contributed by atoms with Crippen LogP contribution in [-0.2, 0) is 0 Å². The van der Waals surface area contributed by atoms with E-state index in [0.29, 0.717) is 17.7 Å². The molecule has 1 N–H and O–H groups in total. The summed E-state index contributed by atoms with van der Waals surface area (Å²) in [4.78, 5) is 0. The molecule has 0 saturated carbocycles. The molecule has 102 valence electrons. The maximum absolute atomic E-state index is 13.3. The summed E-state index contributed by atoms with van der Waals surface area (Å²) in [7, 11) is 1.48. The fourth-order valence-corrected chi connectivity index (χ4v) is 1.97. The summed E-state index contributed by atoms with van der Waals surface area (Å²) in [6, 6.07) is 5.35. The van der Waals surface area contributed by atoms with Gasteiger partial charge in [-0.1, -0.05) is 27.2 Å². The Bertz CT molecular complexity index is 368. The molecule has 0 aliphatic heterocycles. The largest absolute Gasteiger partial charge is 0.494 e. The summed E-state index contributed by atoms with van der Waals surface area (Å²) < 4.78 is 18.3. The van der Waals surface area contributed by atoms with E-state index in [4.69, 9.17) is 4.74 Å². The molecule has 2 atom stereocenters. The molecule has 0 bridgehead atoms. The van der Waals surface area contributed by atoms with E-state index >= 15 is 0 Å². The SMILES string of the molecule is CCC(C)CC(CC)Nc1ccc(F)c(OC)c1. The third-order valence-corrected chi connectivity index (χ3v) is 3.40. The predicted molar refractivity (Wildman–Crippen MR) is 74.7 cm³/mol. The molecule has 0 aliphatic carbocycles. The smallest absolute Gasteiger partial charge is 0.165 e. The number of ether oxygens (including phenoxy) is 1. The molecular formula is C15H24FNO. The molecule has 0 aromatic heterocycles. The average Bonchev–Trinajstić information content (AvgIpc) is 2.39. The third kappa shape index (κ3) is 4.21. The van der Waals surface area contributed by atoms with Crippen molar-refractivity contribution in [3.05, 3.63) is 24.0 Å². The van der Waals surface area contributed by atoms with Crippen LogP contribution < -0.4 is 10.1 Å². The van der Waals surface area contributed by atoms with Crippen LogP contribution in [0.4, 0.5) is 10.1 Å². The molecule has 0 spiro atoms. The number of methoxy groups -OCH3 is 1. The minimum Gasteiger partial charge on any atom is -0.494 e. The molecule has 0 heterocycles. The summed E-state index contributed by atoms with van der Waals surface area (Å²) in [5, 5.41) is 3.45. The van der Waals surface area contributed by atoms with E-state index in [1.807, 2.05) is 0 Å². The maximum atomic E-state index is 13.3. The van der Waals surface area contributed by atoms with Crippen molar-refractivity contribution in [1.29, 1.82) is 0 Å². The second kappa shape index (κ2) is 7.24. The molecule has 3 heteroatoms. The van der Waals surface area contributed by atoms with Gasteiger partial charge in [-0.25, -0.2) is 4.39 Å². The Morgan fingerprint density at radius 3 is 2.56 bits per heavy atom. The number of rotatable bonds is 7. The topological polar surface area (TPSA) is 21.3 Å². The molecule has 0 aliphatic rings. The molecular weight excluding hydrogens is 229 g/mol. The van der Waals surface area contributed by atoms with Crippen molar-refractivity contribution in [2.45, 2.75) is 46.1 Å². The van der Waals surface area contributed by atoms with Gasteiger partial charge in [0.1, 0.15) is 0 Å². The van der Waals surface area contributed by atoms with Crippen LogP contribution in [-0.4, -0.2) is 13.2 Å². The Balaban J connectivity index is 2.69. The van der Waals surface area contributed by atoms with Crippen LogP contribution in [0.15, 0.2) is 18.2 Å². The summed E-state index contributed by atoms with van der Waals surface area (Å²) >= 11 is 0. The maximum Gasteiger partial charge on any atom is 0.165 e. The normalized spacial score (nSPS) is 14.1. The van der Waals surface area contributed by atoms with Gasteiger partial charge in [-0.3, -0.25) is 0 Å². The summed E-state index contributed by atoms with van der Waals surface area (Å²) in [6.07, 6.45) is 3.38. The highest BCUT2D eigenvalue weighted by Crippen LogP contribution is 2.23. The van der Waals surface area contributed by atoms with Crippen LogP contribution in [0.3, 0.4) is 0 Å². The number of anilines is 1. The van der Waals surface area contributed by atoms with E-state index in [-0.39, 0.29) is 5.82 Å². The summed E-state index contributed by atoms with van der Waals surface area (Å²) in [5.74, 6) is 0.668. The first-order valence-electron chi connectivity index (χ1n) is 6.70. The van der Waals surface area contributed by atoms with Gasteiger partial charge < -0.3 is 10.1 Å². The Hall–Kier alpha value is -1.25. The molecule has 1 aromatic carbocycles. The van der Waals surface area contributed by atoms with Gasteiger partial charge in [-0.2, -0.15) is 0 Å². The minimum atomic E-state index is -0.321. The lowest BCUT2D eigenvalue weighted by Gasteiger charge is -2.21. The van der Waals surface area contributed by atoms with E-state index < -0.39 is 0 Å². The summed E-state index contributed by atoms with van der Waals surface area (Å²) in [6.45, 7) is 6.63. The zero-order valence-corrected chi connectivity index (χ0v) is 11.8. The Morgan fingerprint density at radius 1 is 1.28 bits per heavy atom. The van der Waals surface area contributed by atoms with Crippen LogP contribution in [0.25, 0.3) is 0 Å². The third-order valence-electron chi connectivity index (χ3n) is 3.40. The number of benzene rings is 1. The molecule has 0 fully saturated rings. The van der Waals surface area contributed by atoms with E-state index in [9.17, 15) is 4.39 Å². The monoisotopic (exact) mass is 253 g/mol. The fourth-order valence-electron chi connectivity index (χ4n) is 1.97. The van der Waals surface area contributed by atoms with Crippen molar-refractivity contribution in [2.24, 2.45) is 5.92 Å². The van der Waals surface area contributed by atoms with E-state index in [1.54, 1.807) is 12.1 Å². The lowest BCUT2D eigenvalue weighted by molar-refractivity contribution is 0.386. The highest BCUT2D eigenvalue weighted by atomic mass is 19.1. The van der Waals surface area contributed by atoms with Crippen molar-refractivity contribution in [2.75, 3.05) is 12.4 Å². The van der Waals surface area contributed by atoms with Gasteiger partial charge in [0, 0.05) is 17.8 Å². The standard InChI is InChI=1S/C15H24FNO/c1-5-11(3)9-12(6-2)17-13-7-8-14(16)15(10-13)18-4/h7-8,10-12,17H,5-6,9H2,1-4H3. The fraction of sp³-hybridized carbons (Fsp3) is 0.600. The molecule has 2 unspecified atom stereocenters. The second-order valence-electron chi connectivity index (χ2n) is 4.85. The van der Waals surface area contributed by atoms with Crippen LogP contribution in [0.1, 0.15) is 40.0 Å². The van der Waals surface area contributed by atoms with Crippen molar-refractivity contribution in [1.82, 2.24) is 0 Å². The van der Waals surface area contributed by atoms with Crippen LogP contribution in [0.2, 0.25) is 0 Å². The average molecular weight is 253 g/mol. The zero-order chi connectivity index (χ0) is 13.5. The van der Waals surface area contributed by atoms with Gasteiger partial charge in [-0.05, 0) is 30.9 Å². The van der Waals surface area contributed by atoms with Crippen LogP contribution in [0, 0.1) is 11.7 Å². The second-order valence-corrected chi connectivity index (χ2v) is 4.85. The Labute approximate surface area is 110 Å². The number of nitrogens with one attached hydrogen (secondary N) is 1. The van der Waals surface area contributed by atoms with Gasteiger partial charge in [0.25, 0.3) is 0 Å². The number of hydrogen-bond acceptors (Lipinski definition) is 2. The van der Waals surface area contributed by atoms with Crippen molar-refractivity contribution >= 4 is 5.69 Å². The Kier molecular flexibility index (Phi) is 5.96. The molecule has 0 saturated heterocycles. The van der Waals surface area contributed by atoms with Crippen LogP contribution >= 0.6 is 0 Å². The van der Waals surface area contributed by atoms with Gasteiger partial charge in [0.15, 0.2) is 11.6 Å². The van der Waals surface area contributed by atoms with Crippen molar-refractivity contribution in [3.8, 4) is 5.75 Å². The molecule has 0 amide bonds. The van der Waals surface area contributed by atoms with Crippen LogP contribution in [0.5, 0.6) is 5.75 Å². The highest BCUT2D eigenvalue weighted by molar-refractivity contribution is 5.49. The molecule has 1 aromatic rings. The van der Waals surface area contributed by atoms with E-state index in [1.165, 1.54) is 19.6 Å². The summed E-state index contributed by atoms with van der Waals surface area (Å²) in [5.41, 5.74) is 0.920. The molecule has 18 heavy (non-hydrogen) atoms. The number of halogens is 1. The molecule has 1 rings (SSSR count). The van der Waals surface area contributed by atoms with Gasteiger partial charge in [-0.15, -0.1) is 0 Å². The highest BCUT2D eigenvalue weighted by Gasteiger charge is 2.11. The van der Waals surface area contributed by atoms with Gasteiger partial charge in [0.05, 0.1) is 7.11 Å². The minimum absolute atomic E-state index is 0.290. The quantitative estimate of drug-likeness (QED) is 0.774. The molecule has 2 nitrogen and oxygen atoms in total. The first-order chi connectivity index (χ1) is 8.60. The van der Waals surface area contributed by atoms with Gasteiger partial charge >= 0.3 is 0 Å². The first-order valence-corrected chi connectivity index (χ1v) is 6.70. The predicted octanol–water partition coefficient (Wildman–Crippen LogP) is 4.46. The lowest BCUT2D eigenvalue weighted by Crippen LogP contribution is -2.21. The van der Waals surface area contributed by atoms with Crippen molar-refractivity contribution in [3.63, 3.8) is 0 Å².